The Morgan fingerprint density at radius 2 is 2.08 bits per heavy atom. The van der Waals surface area contributed by atoms with Crippen LogP contribution in [0.2, 0.25) is 0 Å². The van der Waals surface area contributed by atoms with Crippen LogP contribution in [-0.2, 0) is 13.0 Å². The first-order valence-corrected chi connectivity index (χ1v) is 9.76. The average Bonchev–Trinajstić information content (AvgIpc) is 2.92. The van der Waals surface area contributed by atoms with E-state index >= 15 is 0 Å². The molecule has 1 aliphatic rings. The summed E-state index contributed by atoms with van der Waals surface area (Å²) in [6, 6.07) is 5.84. The molecule has 0 atom stereocenters. The standard InChI is InChI=1S/C19H26N4O2S/c1-13(2)9-18-21-11-15(26-18)12-22-19(20-3)23-14-5-6-16-17(10-14)25-8-4-7-24-16/h5-6,10-11,13H,4,7-9,12H2,1-3H3,(H2,20,22,23). The Hall–Kier alpha value is -2.28. The first kappa shape index (κ1) is 18.5. The topological polar surface area (TPSA) is 67.8 Å². The smallest absolute Gasteiger partial charge is 0.195 e. The number of nitrogens with zero attached hydrogens (tertiary/aromatic N) is 2. The minimum atomic E-state index is 0.621. The third-order valence-corrected chi connectivity index (χ3v) is 4.87. The van der Waals surface area contributed by atoms with Gasteiger partial charge in [-0.2, -0.15) is 0 Å². The highest BCUT2D eigenvalue weighted by molar-refractivity contribution is 7.11. The number of rotatable bonds is 5. The van der Waals surface area contributed by atoms with Crippen LogP contribution in [0.3, 0.4) is 0 Å². The summed E-state index contributed by atoms with van der Waals surface area (Å²) in [6.07, 6.45) is 3.86. The number of nitrogens with one attached hydrogen (secondary N) is 2. The van der Waals surface area contributed by atoms with E-state index in [1.807, 2.05) is 24.4 Å². The van der Waals surface area contributed by atoms with Crippen molar-refractivity contribution in [3.05, 3.63) is 34.3 Å². The minimum absolute atomic E-state index is 0.621. The van der Waals surface area contributed by atoms with Gasteiger partial charge in [0.2, 0.25) is 0 Å². The van der Waals surface area contributed by atoms with Crippen LogP contribution in [0.15, 0.2) is 29.4 Å². The number of hydrogen-bond acceptors (Lipinski definition) is 5. The molecule has 0 unspecified atom stereocenters. The maximum atomic E-state index is 5.74. The molecular formula is C19H26N4O2S. The van der Waals surface area contributed by atoms with E-state index in [2.05, 4.69) is 34.5 Å². The lowest BCUT2D eigenvalue weighted by molar-refractivity contribution is 0.297. The van der Waals surface area contributed by atoms with Gasteiger partial charge in [0.05, 0.1) is 24.8 Å². The summed E-state index contributed by atoms with van der Waals surface area (Å²) in [7, 11) is 1.76. The van der Waals surface area contributed by atoms with Crippen molar-refractivity contribution >= 4 is 23.0 Å². The third-order valence-electron chi connectivity index (χ3n) is 3.85. The fraction of sp³-hybridized carbons (Fsp3) is 0.474. The molecule has 2 heterocycles. The van der Waals surface area contributed by atoms with Crippen LogP contribution >= 0.6 is 11.3 Å². The molecule has 0 aliphatic carbocycles. The summed E-state index contributed by atoms with van der Waals surface area (Å²) in [6.45, 7) is 6.48. The Morgan fingerprint density at radius 1 is 1.27 bits per heavy atom. The molecule has 0 spiro atoms. The lowest BCUT2D eigenvalue weighted by Crippen LogP contribution is -2.29. The largest absolute Gasteiger partial charge is 0.490 e. The molecule has 3 rings (SSSR count). The molecule has 1 aromatic carbocycles. The number of hydrogen-bond donors (Lipinski definition) is 2. The molecule has 6 nitrogen and oxygen atoms in total. The zero-order valence-corrected chi connectivity index (χ0v) is 16.4. The maximum Gasteiger partial charge on any atom is 0.195 e. The van der Waals surface area contributed by atoms with E-state index in [1.165, 1.54) is 9.88 Å². The second kappa shape index (κ2) is 8.89. The number of benzene rings is 1. The van der Waals surface area contributed by atoms with E-state index in [1.54, 1.807) is 18.4 Å². The number of ether oxygens (including phenoxy) is 2. The van der Waals surface area contributed by atoms with Crippen molar-refractivity contribution in [2.75, 3.05) is 25.6 Å². The zero-order chi connectivity index (χ0) is 18.4. The number of fused-ring (bicyclic) bond motifs is 1. The van der Waals surface area contributed by atoms with Gasteiger partial charge in [-0.1, -0.05) is 13.8 Å². The Morgan fingerprint density at radius 3 is 2.85 bits per heavy atom. The van der Waals surface area contributed by atoms with E-state index in [0.29, 0.717) is 31.6 Å². The van der Waals surface area contributed by atoms with Crippen LogP contribution in [0.5, 0.6) is 11.5 Å². The Labute approximate surface area is 158 Å². The van der Waals surface area contributed by atoms with Gasteiger partial charge >= 0.3 is 0 Å². The minimum Gasteiger partial charge on any atom is -0.490 e. The van der Waals surface area contributed by atoms with Crippen LogP contribution in [0.1, 0.15) is 30.2 Å². The third kappa shape index (κ3) is 5.11. The predicted molar refractivity (Wildman–Crippen MR) is 107 cm³/mol. The van der Waals surface area contributed by atoms with Gasteiger partial charge in [0.15, 0.2) is 17.5 Å². The zero-order valence-electron chi connectivity index (χ0n) is 15.5. The molecule has 0 saturated carbocycles. The van der Waals surface area contributed by atoms with Gasteiger partial charge in [-0.3, -0.25) is 4.99 Å². The van der Waals surface area contributed by atoms with Crippen molar-refractivity contribution < 1.29 is 9.47 Å². The first-order chi connectivity index (χ1) is 12.6. The van der Waals surface area contributed by atoms with Gasteiger partial charge in [0, 0.05) is 42.7 Å². The Balaban J connectivity index is 1.58. The predicted octanol–water partition coefficient (Wildman–Crippen LogP) is 3.69. The molecule has 1 aliphatic heterocycles. The normalized spacial score (nSPS) is 14.2. The van der Waals surface area contributed by atoms with E-state index < -0.39 is 0 Å². The summed E-state index contributed by atoms with van der Waals surface area (Å²) >= 11 is 1.75. The number of anilines is 1. The first-order valence-electron chi connectivity index (χ1n) is 8.95. The Kier molecular flexibility index (Phi) is 6.33. The van der Waals surface area contributed by atoms with Gasteiger partial charge in [0.25, 0.3) is 0 Å². The number of thiazole rings is 1. The highest BCUT2D eigenvalue weighted by atomic mass is 32.1. The molecular weight excluding hydrogens is 348 g/mol. The molecule has 0 amide bonds. The fourth-order valence-corrected chi connectivity index (χ4v) is 3.68. The van der Waals surface area contributed by atoms with Gasteiger partial charge in [-0.15, -0.1) is 11.3 Å². The molecule has 0 bridgehead atoms. The highest BCUT2D eigenvalue weighted by Crippen LogP contribution is 2.32. The number of aliphatic imine (C=N–C) groups is 1. The van der Waals surface area contributed by atoms with Gasteiger partial charge in [-0.05, 0) is 18.1 Å². The second-order valence-corrected chi connectivity index (χ2v) is 7.78. The summed E-state index contributed by atoms with van der Waals surface area (Å²) in [5.41, 5.74) is 0.909. The van der Waals surface area contributed by atoms with Crippen LogP contribution in [-0.4, -0.2) is 31.2 Å². The van der Waals surface area contributed by atoms with Crippen molar-refractivity contribution in [2.45, 2.75) is 33.2 Å². The monoisotopic (exact) mass is 374 g/mol. The van der Waals surface area contributed by atoms with Crippen molar-refractivity contribution in [1.29, 1.82) is 0 Å². The van der Waals surface area contributed by atoms with Crippen molar-refractivity contribution in [3.8, 4) is 11.5 Å². The molecule has 26 heavy (non-hydrogen) atoms. The maximum absolute atomic E-state index is 5.74. The SMILES string of the molecule is CN=C(NCc1cnc(CC(C)C)s1)Nc1ccc2c(c1)OCCCO2. The average molecular weight is 375 g/mol. The highest BCUT2D eigenvalue weighted by Gasteiger charge is 2.11. The molecule has 0 saturated heterocycles. The lowest BCUT2D eigenvalue weighted by atomic mass is 10.1. The van der Waals surface area contributed by atoms with Gasteiger partial charge < -0.3 is 20.1 Å². The van der Waals surface area contributed by atoms with Crippen molar-refractivity contribution in [2.24, 2.45) is 10.9 Å². The molecule has 2 aromatic rings. The van der Waals surface area contributed by atoms with Crippen LogP contribution < -0.4 is 20.1 Å². The molecule has 140 valence electrons. The Bertz CT molecular complexity index is 758. The molecule has 2 N–H and O–H groups in total. The van der Waals surface area contributed by atoms with Crippen LogP contribution in [0, 0.1) is 5.92 Å². The van der Waals surface area contributed by atoms with E-state index in [9.17, 15) is 0 Å². The molecule has 1 aromatic heterocycles. The van der Waals surface area contributed by atoms with E-state index in [-0.39, 0.29) is 0 Å². The van der Waals surface area contributed by atoms with Crippen LogP contribution in [0.25, 0.3) is 0 Å². The van der Waals surface area contributed by atoms with Gasteiger partial charge in [-0.25, -0.2) is 4.98 Å². The summed E-state index contributed by atoms with van der Waals surface area (Å²) in [5.74, 6) is 2.89. The summed E-state index contributed by atoms with van der Waals surface area (Å²) in [5, 5.41) is 7.81. The molecule has 0 radical (unpaired) electrons. The molecule has 7 heteroatoms. The van der Waals surface area contributed by atoms with Crippen molar-refractivity contribution in [3.63, 3.8) is 0 Å². The molecule has 0 fully saturated rings. The summed E-state index contributed by atoms with van der Waals surface area (Å²) < 4.78 is 11.4. The summed E-state index contributed by atoms with van der Waals surface area (Å²) in [4.78, 5) is 9.98. The van der Waals surface area contributed by atoms with Crippen LogP contribution in [0.4, 0.5) is 5.69 Å². The van der Waals surface area contributed by atoms with Gasteiger partial charge in [0.1, 0.15) is 0 Å². The number of aromatic nitrogens is 1. The van der Waals surface area contributed by atoms with E-state index in [4.69, 9.17) is 9.47 Å². The quantitative estimate of drug-likeness (QED) is 0.617. The lowest BCUT2D eigenvalue weighted by Gasteiger charge is -2.13. The van der Waals surface area contributed by atoms with E-state index in [0.717, 1.165) is 30.0 Å². The van der Waals surface area contributed by atoms with Crippen molar-refractivity contribution in [1.82, 2.24) is 10.3 Å². The fourth-order valence-electron chi connectivity index (χ4n) is 2.60. The second-order valence-electron chi connectivity index (χ2n) is 6.58. The number of guanidine groups is 1.